The van der Waals surface area contributed by atoms with Gasteiger partial charge in [0.1, 0.15) is 5.76 Å². The van der Waals surface area contributed by atoms with Crippen LogP contribution in [-0.4, -0.2) is 10.9 Å². The van der Waals surface area contributed by atoms with Crippen LogP contribution in [0.3, 0.4) is 0 Å². The molecule has 0 aliphatic carbocycles. The average molecular weight is 382 g/mol. The fourth-order valence-corrected chi connectivity index (χ4v) is 2.38. The molecule has 19 heavy (non-hydrogen) atoms. The van der Waals surface area contributed by atoms with Gasteiger partial charge in [0.25, 0.3) is 0 Å². The minimum absolute atomic E-state index is 0.0497. The van der Waals surface area contributed by atoms with Crippen LogP contribution >= 0.6 is 31.9 Å². The van der Waals surface area contributed by atoms with Gasteiger partial charge in [-0.2, -0.15) is 0 Å². The Balaban J connectivity index is 2.28. The summed E-state index contributed by atoms with van der Waals surface area (Å²) >= 11 is 6.63. The number of ketones is 1. The Morgan fingerprint density at radius 2 is 1.47 bits per heavy atom. The zero-order valence-electron chi connectivity index (χ0n) is 9.81. The summed E-state index contributed by atoms with van der Waals surface area (Å²) in [7, 11) is 0. The number of aliphatic hydroxyl groups is 1. The van der Waals surface area contributed by atoms with E-state index in [2.05, 4.69) is 31.9 Å². The Bertz CT molecular complexity index is 648. The second-order valence-corrected chi connectivity index (χ2v) is 5.75. The number of carbonyl (C=O) groups excluding carboxylic acids is 1. The highest BCUT2D eigenvalue weighted by Crippen LogP contribution is 2.19. The van der Waals surface area contributed by atoms with Crippen LogP contribution in [0.2, 0.25) is 0 Å². The van der Waals surface area contributed by atoms with Gasteiger partial charge in [-0.25, -0.2) is 0 Å². The van der Waals surface area contributed by atoms with Gasteiger partial charge in [0, 0.05) is 26.1 Å². The van der Waals surface area contributed by atoms with Crippen molar-refractivity contribution in [2.24, 2.45) is 0 Å². The lowest BCUT2D eigenvalue weighted by Crippen LogP contribution is -1.96. The molecule has 0 saturated carbocycles. The van der Waals surface area contributed by atoms with E-state index in [4.69, 9.17) is 0 Å². The second kappa shape index (κ2) is 6.17. The molecule has 0 aliphatic rings. The van der Waals surface area contributed by atoms with E-state index in [0.717, 1.165) is 8.95 Å². The molecule has 96 valence electrons. The highest BCUT2D eigenvalue weighted by Gasteiger charge is 2.06. The molecular formula is C15H10Br2O2. The quantitative estimate of drug-likeness (QED) is 0.461. The van der Waals surface area contributed by atoms with E-state index in [1.165, 1.54) is 6.08 Å². The van der Waals surface area contributed by atoms with Gasteiger partial charge >= 0.3 is 0 Å². The van der Waals surface area contributed by atoms with Crippen molar-refractivity contribution in [2.45, 2.75) is 0 Å². The lowest BCUT2D eigenvalue weighted by atomic mass is 10.1. The van der Waals surface area contributed by atoms with Crippen LogP contribution in [0.25, 0.3) is 5.76 Å². The first-order valence-corrected chi connectivity index (χ1v) is 7.11. The van der Waals surface area contributed by atoms with E-state index >= 15 is 0 Å². The van der Waals surface area contributed by atoms with E-state index in [1.807, 2.05) is 12.1 Å². The smallest absolute Gasteiger partial charge is 0.189 e. The van der Waals surface area contributed by atoms with Crippen molar-refractivity contribution < 1.29 is 9.90 Å². The Morgan fingerprint density at radius 3 is 2.05 bits per heavy atom. The number of carbonyl (C=O) groups is 1. The first-order chi connectivity index (χ1) is 9.06. The zero-order valence-corrected chi connectivity index (χ0v) is 13.0. The predicted octanol–water partition coefficient (Wildman–Crippen LogP) is 4.99. The highest BCUT2D eigenvalue weighted by atomic mass is 79.9. The maximum atomic E-state index is 12.0. The summed E-state index contributed by atoms with van der Waals surface area (Å²) in [5.74, 6) is -0.287. The molecule has 0 fully saturated rings. The predicted molar refractivity (Wildman–Crippen MR) is 83.2 cm³/mol. The molecule has 0 heterocycles. The molecular weight excluding hydrogens is 372 g/mol. The molecule has 0 atom stereocenters. The zero-order chi connectivity index (χ0) is 13.8. The number of hydrogen-bond donors (Lipinski definition) is 1. The van der Waals surface area contributed by atoms with Gasteiger partial charge in [-0.15, -0.1) is 0 Å². The number of hydrogen-bond acceptors (Lipinski definition) is 2. The third-order valence-corrected chi connectivity index (χ3v) is 3.48. The molecule has 2 aromatic carbocycles. The monoisotopic (exact) mass is 380 g/mol. The summed E-state index contributed by atoms with van der Waals surface area (Å²) in [5, 5.41) is 9.95. The number of halogens is 2. The molecule has 2 rings (SSSR count). The summed E-state index contributed by atoms with van der Waals surface area (Å²) in [5.41, 5.74) is 1.12. The Kier molecular flexibility index (Phi) is 4.56. The lowest BCUT2D eigenvalue weighted by Gasteiger charge is -2.01. The van der Waals surface area contributed by atoms with E-state index < -0.39 is 0 Å². The topological polar surface area (TPSA) is 37.3 Å². The van der Waals surface area contributed by atoms with Crippen LogP contribution in [0.1, 0.15) is 15.9 Å². The Labute approximate surface area is 128 Å². The molecule has 0 bridgehead atoms. The molecule has 0 aromatic heterocycles. The normalized spacial score (nSPS) is 11.4. The van der Waals surface area contributed by atoms with E-state index in [1.54, 1.807) is 36.4 Å². The molecule has 0 radical (unpaired) electrons. The van der Waals surface area contributed by atoms with Crippen molar-refractivity contribution in [1.29, 1.82) is 0 Å². The maximum absolute atomic E-state index is 12.0. The van der Waals surface area contributed by atoms with Crippen LogP contribution in [-0.2, 0) is 0 Å². The first-order valence-electron chi connectivity index (χ1n) is 5.53. The van der Waals surface area contributed by atoms with Crippen molar-refractivity contribution in [3.63, 3.8) is 0 Å². The summed E-state index contributed by atoms with van der Waals surface area (Å²) in [6.45, 7) is 0. The van der Waals surface area contributed by atoms with Crippen molar-refractivity contribution in [3.05, 3.63) is 74.7 Å². The number of aliphatic hydroxyl groups excluding tert-OH is 1. The Hall–Kier alpha value is -1.39. The van der Waals surface area contributed by atoms with E-state index in [9.17, 15) is 9.90 Å². The first kappa shape index (κ1) is 14.0. The molecule has 1 N–H and O–H groups in total. The van der Waals surface area contributed by atoms with Crippen LogP contribution < -0.4 is 0 Å². The minimum atomic E-state index is -0.237. The second-order valence-electron chi connectivity index (χ2n) is 3.91. The van der Waals surface area contributed by atoms with E-state index in [-0.39, 0.29) is 11.5 Å². The largest absolute Gasteiger partial charge is 0.507 e. The van der Waals surface area contributed by atoms with Gasteiger partial charge in [0.15, 0.2) is 5.78 Å². The maximum Gasteiger partial charge on any atom is 0.189 e. The van der Waals surface area contributed by atoms with Gasteiger partial charge < -0.3 is 5.11 Å². The number of allylic oxidation sites excluding steroid dienone is 1. The summed E-state index contributed by atoms with van der Waals surface area (Å²) in [6, 6.07) is 14.2. The standard InChI is InChI=1S/C15H10Br2O2/c16-12-5-1-3-10(7-12)14(18)9-15(19)11-4-2-6-13(17)8-11/h1-9,18H/b14-9-. The Morgan fingerprint density at radius 1 is 0.947 bits per heavy atom. The van der Waals surface area contributed by atoms with Crippen LogP contribution in [0, 0.1) is 0 Å². The van der Waals surface area contributed by atoms with Crippen LogP contribution in [0.15, 0.2) is 63.6 Å². The fourth-order valence-electron chi connectivity index (χ4n) is 1.58. The molecule has 2 nitrogen and oxygen atoms in total. The van der Waals surface area contributed by atoms with Crippen molar-refractivity contribution in [1.82, 2.24) is 0 Å². The number of benzene rings is 2. The minimum Gasteiger partial charge on any atom is -0.507 e. The van der Waals surface area contributed by atoms with Crippen LogP contribution in [0.5, 0.6) is 0 Å². The molecule has 2 aromatic rings. The van der Waals surface area contributed by atoms with Gasteiger partial charge in [-0.1, -0.05) is 56.1 Å². The highest BCUT2D eigenvalue weighted by molar-refractivity contribution is 9.10. The summed E-state index contributed by atoms with van der Waals surface area (Å²) < 4.78 is 1.67. The lowest BCUT2D eigenvalue weighted by molar-refractivity contribution is 0.104. The van der Waals surface area contributed by atoms with E-state index in [0.29, 0.717) is 11.1 Å². The van der Waals surface area contributed by atoms with Gasteiger partial charge in [-0.3, -0.25) is 4.79 Å². The third kappa shape index (κ3) is 3.78. The average Bonchev–Trinajstić information content (AvgIpc) is 2.38. The third-order valence-electron chi connectivity index (χ3n) is 2.50. The van der Waals surface area contributed by atoms with Gasteiger partial charge in [0.2, 0.25) is 0 Å². The molecule has 0 unspecified atom stereocenters. The fraction of sp³-hybridized carbons (Fsp3) is 0. The van der Waals surface area contributed by atoms with Crippen LogP contribution in [0.4, 0.5) is 0 Å². The summed E-state index contributed by atoms with van der Waals surface area (Å²) in [4.78, 5) is 12.0. The van der Waals surface area contributed by atoms with Crippen molar-refractivity contribution >= 4 is 43.4 Å². The molecule has 0 amide bonds. The van der Waals surface area contributed by atoms with Crippen molar-refractivity contribution in [3.8, 4) is 0 Å². The van der Waals surface area contributed by atoms with Crippen molar-refractivity contribution in [2.75, 3.05) is 0 Å². The SMILES string of the molecule is O=C(/C=C(\O)c1cccc(Br)c1)c1cccc(Br)c1. The molecule has 0 aliphatic heterocycles. The van der Waals surface area contributed by atoms with Gasteiger partial charge in [-0.05, 0) is 24.3 Å². The summed E-state index contributed by atoms with van der Waals surface area (Å²) in [6.07, 6.45) is 1.23. The number of rotatable bonds is 3. The molecule has 4 heteroatoms. The molecule has 0 saturated heterocycles. The van der Waals surface area contributed by atoms with Gasteiger partial charge in [0.05, 0.1) is 0 Å². The molecule has 0 spiro atoms.